The van der Waals surface area contributed by atoms with Crippen LogP contribution in [0.15, 0.2) is 66.7 Å². The number of benzene rings is 3. The first-order valence-electron chi connectivity index (χ1n) is 9.51. The molecule has 0 radical (unpaired) electrons. The highest BCUT2D eigenvalue weighted by Crippen LogP contribution is 2.25. The van der Waals surface area contributed by atoms with Crippen molar-refractivity contribution in [1.82, 2.24) is 4.48 Å². The van der Waals surface area contributed by atoms with Gasteiger partial charge in [0.2, 0.25) is 0 Å². The molecule has 3 rings (SSSR count). The molecule has 3 aromatic rings. The minimum atomic E-state index is -0.500. The van der Waals surface area contributed by atoms with Gasteiger partial charge < -0.3 is 14.6 Å². The van der Waals surface area contributed by atoms with E-state index in [-0.39, 0.29) is 0 Å². The predicted molar refractivity (Wildman–Crippen MR) is 114 cm³/mol. The number of hydrogen-bond acceptors (Lipinski definition) is 3. The van der Waals surface area contributed by atoms with Crippen molar-refractivity contribution in [3.8, 4) is 5.75 Å². The van der Waals surface area contributed by atoms with E-state index in [0.29, 0.717) is 0 Å². The lowest BCUT2D eigenvalue weighted by atomic mass is 10.00. The molecular weight excluding hydrogens is 350 g/mol. The van der Waals surface area contributed by atoms with E-state index in [1.807, 2.05) is 6.07 Å². The maximum atomic E-state index is 8.25. The number of hydrogen-bond donors (Lipinski definition) is 0. The molecule has 4 nitrogen and oxygen atoms in total. The minimum Gasteiger partial charge on any atom is -0.554 e. The number of rotatable bonds is 7. The third-order valence-electron chi connectivity index (χ3n) is 5.05. The van der Waals surface area contributed by atoms with Crippen LogP contribution in [0, 0.1) is 0 Å². The first-order chi connectivity index (χ1) is 13.5. The Morgan fingerprint density at radius 1 is 0.964 bits per heavy atom. The average molecular weight is 380 g/mol. The van der Waals surface area contributed by atoms with Gasteiger partial charge in [-0.3, -0.25) is 4.48 Å². The van der Waals surface area contributed by atoms with Crippen LogP contribution in [0.2, 0.25) is 0 Å². The van der Waals surface area contributed by atoms with E-state index in [0.717, 1.165) is 23.2 Å². The fourth-order valence-electron chi connectivity index (χ4n) is 3.45. The van der Waals surface area contributed by atoms with E-state index in [2.05, 4.69) is 74.8 Å². The van der Waals surface area contributed by atoms with Crippen LogP contribution in [0.3, 0.4) is 0 Å². The Balaban J connectivity index is 0.000000878. The van der Waals surface area contributed by atoms with Gasteiger partial charge in [-0.15, -0.1) is 0 Å². The molecule has 0 fully saturated rings. The fraction of sp³-hybridized carbons (Fsp3) is 0.292. The number of fused-ring (bicyclic) bond motifs is 1. The zero-order valence-corrected chi connectivity index (χ0v) is 16.9. The van der Waals surface area contributed by atoms with Crippen molar-refractivity contribution in [2.75, 3.05) is 27.7 Å². The van der Waals surface area contributed by atoms with E-state index >= 15 is 0 Å². The number of nitrogens with zero attached hydrogens (tertiary/aromatic N) is 1. The molecule has 3 aromatic carbocycles. The second-order valence-electron chi connectivity index (χ2n) is 7.30. The molecule has 0 N–H and O–H groups in total. The number of carbonyl (C=O) groups is 1. The van der Waals surface area contributed by atoms with Gasteiger partial charge in [0, 0.05) is 12.5 Å². The topological polar surface area (TPSA) is 49.4 Å². The van der Waals surface area contributed by atoms with Crippen LogP contribution >= 0.6 is 0 Å². The van der Waals surface area contributed by atoms with Crippen LogP contribution in [0.4, 0.5) is 5.69 Å². The van der Waals surface area contributed by atoms with Gasteiger partial charge in [0.05, 0.1) is 27.7 Å². The summed E-state index contributed by atoms with van der Waals surface area (Å²) in [6, 6.07) is 23.7. The summed E-state index contributed by atoms with van der Waals surface area (Å²) < 4.78 is 6.25. The van der Waals surface area contributed by atoms with E-state index in [4.69, 9.17) is 14.6 Å². The summed E-state index contributed by atoms with van der Waals surface area (Å²) in [7, 11) is 6.27. The first kappa shape index (κ1) is 21.5. The third-order valence-corrected chi connectivity index (χ3v) is 5.05. The fourth-order valence-corrected chi connectivity index (χ4v) is 3.45. The summed E-state index contributed by atoms with van der Waals surface area (Å²) in [4.78, 5) is 8.25. The molecule has 28 heavy (non-hydrogen) atoms. The van der Waals surface area contributed by atoms with Crippen LogP contribution < -0.4 is 14.3 Å². The number of ether oxygens (including phenoxy) is 1. The highest BCUT2D eigenvalue weighted by Gasteiger charge is 2.19. The molecule has 0 bridgehead atoms. The summed E-state index contributed by atoms with van der Waals surface area (Å²) >= 11 is 0. The summed E-state index contributed by atoms with van der Waals surface area (Å²) in [5, 5.41) is 11.0. The van der Waals surface area contributed by atoms with Crippen LogP contribution in [0.1, 0.15) is 18.4 Å². The van der Waals surface area contributed by atoms with Crippen LogP contribution in [0.25, 0.3) is 10.8 Å². The lowest BCUT2D eigenvalue weighted by Gasteiger charge is -2.29. The van der Waals surface area contributed by atoms with E-state index in [1.165, 1.54) is 34.9 Å². The molecule has 0 aliphatic carbocycles. The number of quaternary nitrogens is 1. The molecule has 148 valence electrons. The molecule has 0 amide bonds. The van der Waals surface area contributed by atoms with Gasteiger partial charge in [-0.2, -0.15) is 0 Å². The largest absolute Gasteiger partial charge is 0.554 e. The molecular formula is C24H29NO3. The highest BCUT2D eigenvalue weighted by molar-refractivity contribution is 5.85. The quantitative estimate of drug-likeness (QED) is 0.356. The molecule has 0 saturated carbocycles. The molecule has 0 spiro atoms. The molecule has 0 aromatic heterocycles. The van der Waals surface area contributed by atoms with Gasteiger partial charge in [0.25, 0.3) is 0 Å². The molecule has 0 unspecified atom stereocenters. The number of carboxylic acid groups (broad SMARTS) is 1. The Morgan fingerprint density at radius 3 is 2.39 bits per heavy atom. The molecule has 0 atom stereocenters. The van der Waals surface area contributed by atoms with Crippen molar-refractivity contribution >= 4 is 22.9 Å². The third kappa shape index (κ3) is 5.83. The summed E-state index contributed by atoms with van der Waals surface area (Å²) in [5.41, 5.74) is 2.76. The van der Waals surface area contributed by atoms with Gasteiger partial charge in [0.1, 0.15) is 11.4 Å². The van der Waals surface area contributed by atoms with Crippen molar-refractivity contribution < 1.29 is 14.6 Å². The molecule has 0 heterocycles. The van der Waals surface area contributed by atoms with Crippen LogP contribution in [-0.4, -0.2) is 34.2 Å². The number of aryl methyl sites for hydroxylation is 1. The number of unbranched alkanes of at least 4 members (excludes halogenated alkanes) is 1. The van der Waals surface area contributed by atoms with Crippen LogP contribution in [0.5, 0.6) is 5.75 Å². The van der Waals surface area contributed by atoms with Crippen molar-refractivity contribution in [2.24, 2.45) is 0 Å². The van der Waals surface area contributed by atoms with E-state index in [9.17, 15) is 0 Å². The standard InChI is InChI=1S/C23H28NO.CH2O2/c1-24(2,21-14-9-15-22(18-21)25-3)17-7-6-11-20-13-8-12-19-10-4-5-16-23(19)20;2-1-3/h4-5,8-10,12-16,18H,6-7,11,17H2,1-3H3;1H,(H,2,3)/q+1;/p-1. The normalized spacial score (nSPS) is 10.8. The Kier molecular flexibility index (Phi) is 8.02. The summed E-state index contributed by atoms with van der Waals surface area (Å²) in [6.45, 7) is 0.623. The Labute approximate surface area is 167 Å². The second kappa shape index (κ2) is 10.5. The van der Waals surface area contributed by atoms with Crippen molar-refractivity contribution in [2.45, 2.75) is 19.3 Å². The monoisotopic (exact) mass is 379 g/mol. The number of carbonyl (C=O) groups excluding carboxylic acids is 1. The zero-order chi connectivity index (χ0) is 20.4. The maximum absolute atomic E-state index is 8.25. The van der Waals surface area contributed by atoms with Crippen molar-refractivity contribution in [3.63, 3.8) is 0 Å². The molecule has 0 aliphatic rings. The lowest BCUT2D eigenvalue weighted by molar-refractivity contribution is -0.283. The van der Waals surface area contributed by atoms with Crippen molar-refractivity contribution in [3.05, 3.63) is 72.3 Å². The van der Waals surface area contributed by atoms with Gasteiger partial charge in [-0.1, -0.05) is 48.5 Å². The van der Waals surface area contributed by atoms with Crippen molar-refractivity contribution in [1.29, 1.82) is 0 Å². The second-order valence-corrected chi connectivity index (χ2v) is 7.30. The molecule has 0 saturated heterocycles. The average Bonchev–Trinajstić information content (AvgIpc) is 2.72. The van der Waals surface area contributed by atoms with Gasteiger partial charge in [-0.05, 0) is 47.7 Å². The minimum absolute atomic E-state index is 0.500. The van der Waals surface area contributed by atoms with E-state index < -0.39 is 6.47 Å². The maximum Gasteiger partial charge on any atom is 0.136 e. The Morgan fingerprint density at radius 2 is 1.64 bits per heavy atom. The smallest absolute Gasteiger partial charge is 0.136 e. The summed E-state index contributed by atoms with van der Waals surface area (Å²) in [6.07, 6.45) is 3.55. The first-order valence-corrected chi connectivity index (χ1v) is 9.51. The number of methoxy groups -OCH3 is 1. The Bertz CT molecular complexity index is 884. The van der Waals surface area contributed by atoms with Crippen LogP contribution in [-0.2, 0) is 11.2 Å². The SMILES string of the molecule is COc1cccc([N+](C)(C)CCCCc2cccc3ccccc23)c1.O=C[O-]. The zero-order valence-electron chi connectivity index (χ0n) is 16.9. The predicted octanol–water partition coefficient (Wildman–Crippen LogP) is 3.80. The Hall–Kier alpha value is -2.85. The molecule has 4 heteroatoms. The highest BCUT2D eigenvalue weighted by atomic mass is 16.5. The lowest BCUT2D eigenvalue weighted by Crippen LogP contribution is -2.41. The van der Waals surface area contributed by atoms with Gasteiger partial charge >= 0.3 is 0 Å². The van der Waals surface area contributed by atoms with Gasteiger partial charge in [0.15, 0.2) is 0 Å². The molecule has 0 aliphatic heterocycles. The van der Waals surface area contributed by atoms with E-state index in [1.54, 1.807) is 7.11 Å². The summed E-state index contributed by atoms with van der Waals surface area (Å²) in [5.74, 6) is 0.930. The van der Waals surface area contributed by atoms with Gasteiger partial charge in [-0.25, -0.2) is 0 Å².